The Morgan fingerprint density at radius 3 is 2.22 bits per heavy atom. The third-order valence-corrected chi connectivity index (χ3v) is 8.19. The Balaban J connectivity index is 1.75. The van der Waals surface area contributed by atoms with Gasteiger partial charge in [0, 0.05) is 24.5 Å². The maximum Gasteiger partial charge on any atom is 0.337 e. The number of hydrogen-bond donors (Lipinski definition) is 1. The van der Waals surface area contributed by atoms with Gasteiger partial charge in [0.2, 0.25) is 11.8 Å². The first-order valence-corrected chi connectivity index (χ1v) is 14.1. The van der Waals surface area contributed by atoms with Crippen molar-refractivity contribution in [2.24, 2.45) is 11.1 Å². The van der Waals surface area contributed by atoms with E-state index in [-0.39, 0.29) is 18.4 Å². The first-order valence-electron chi connectivity index (χ1n) is 13.8. The van der Waals surface area contributed by atoms with E-state index in [1.165, 1.54) is 7.11 Å². The highest BCUT2D eigenvalue weighted by Gasteiger charge is 2.42. The number of amides is 2. The molecule has 1 heterocycles. The van der Waals surface area contributed by atoms with E-state index < -0.39 is 29.5 Å². The number of nitrogens with two attached hydrogens (primary N) is 1. The maximum absolute atomic E-state index is 14.6. The van der Waals surface area contributed by atoms with Crippen LogP contribution in [0.3, 0.4) is 0 Å². The summed E-state index contributed by atoms with van der Waals surface area (Å²) in [4.78, 5) is 43.8. The zero-order chi connectivity index (χ0) is 29.9. The Labute approximate surface area is 247 Å². The highest BCUT2D eigenvalue weighted by Crippen LogP contribution is 2.33. The first kappa shape index (κ1) is 30.3. The normalized spacial score (nSPS) is 16.4. The summed E-state index contributed by atoms with van der Waals surface area (Å²) < 4.78 is 4.82. The number of carbonyl (C=O) groups is 3. The van der Waals surface area contributed by atoms with Gasteiger partial charge in [-0.3, -0.25) is 9.59 Å². The van der Waals surface area contributed by atoms with E-state index in [1.807, 2.05) is 70.2 Å². The lowest BCUT2D eigenvalue weighted by Crippen LogP contribution is -2.59. The van der Waals surface area contributed by atoms with Crippen LogP contribution in [0.15, 0.2) is 72.8 Å². The molecule has 1 aliphatic heterocycles. The van der Waals surface area contributed by atoms with Gasteiger partial charge in [0.05, 0.1) is 24.8 Å². The van der Waals surface area contributed by atoms with Gasteiger partial charge < -0.3 is 20.3 Å². The molecule has 0 aliphatic carbocycles. The van der Waals surface area contributed by atoms with Crippen LogP contribution < -0.4 is 5.73 Å². The van der Waals surface area contributed by atoms with Gasteiger partial charge in [-0.1, -0.05) is 87.0 Å². The van der Waals surface area contributed by atoms with Crippen molar-refractivity contribution < 1.29 is 19.1 Å². The van der Waals surface area contributed by atoms with Gasteiger partial charge in [-0.2, -0.15) is 0 Å². The summed E-state index contributed by atoms with van der Waals surface area (Å²) in [6.45, 7) is 8.26. The van der Waals surface area contributed by atoms with E-state index in [2.05, 4.69) is 0 Å². The Kier molecular flexibility index (Phi) is 9.20. The van der Waals surface area contributed by atoms with Crippen LogP contribution in [0.25, 0.3) is 0 Å². The van der Waals surface area contributed by atoms with E-state index in [1.54, 1.807) is 40.1 Å². The van der Waals surface area contributed by atoms with Crippen LogP contribution in [-0.4, -0.2) is 46.8 Å². The molecule has 0 spiro atoms. The predicted octanol–water partition coefficient (Wildman–Crippen LogP) is 5.54. The summed E-state index contributed by atoms with van der Waals surface area (Å²) in [5.41, 5.74) is 10.1. The van der Waals surface area contributed by atoms with Crippen molar-refractivity contribution in [1.82, 2.24) is 9.80 Å². The summed E-state index contributed by atoms with van der Waals surface area (Å²) in [5, 5.41) is 0.551. The van der Waals surface area contributed by atoms with E-state index in [0.717, 1.165) is 22.3 Å². The van der Waals surface area contributed by atoms with Crippen LogP contribution in [0.5, 0.6) is 0 Å². The minimum Gasteiger partial charge on any atom is -0.465 e. The van der Waals surface area contributed by atoms with Crippen LogP contribution in [-0.2, 0) is 33.8 Å². The largest absolute Gasteiger partial charge is 0.465 e. The highest BCUT2D eigenvalue weighted by atomic mass is 35.5. The van der Waals surface area contributed by atoms with Gasteiger partial charge in [-0.05, 0) is 52.8 Å². The van der Waals surface area contributed by atoms with Crippen LogP contribution in [0.2, 0.25) is 5.02 Å². The second kappa shape index (κ2) is 12.5. The van der Waals surface area contributed by atoms with Crippen molar-refractivity contribution in [2.45, 2.75) is 65.3 Å². The number of rotatable bonds is 7. The number of benzene rings is 3. The van der Waals surface area contributed by atoms with E-state index >= 15 is 0 Å². The van der Waals surface area contributed by atoms with Crippen molar-refractivity contribution >= 4 is 29.4 Å². The monoisotopic (exact) mass is 575 g/mol. The SMILES string of the molecule is COC(=O)c1ccc(CN(C(=O)[C@@H]2Cc3ccccc3CN2C(=O)C(N)C(C)(C)C)[C@H](C)c2ccccc2Cl)cc1. The minimum absolute atomic E-state index is 0.196. The zero-order valence-corrected chi connectivity index (χ0v) is 25.0. The third-order valence-electron chi connectivity index (χ3n) is 7.85. The molecule has 41 heavy (non-hydrogen) atoms. The Morgan fingerprint density at radius 2 is 1.61 bits per heavy atom. The standard InChI is InChI=1S/C33H38ClN3O4/c1-21(26-12-8-9-13-27(26)34)36(19-22-14-16-23(17-15-22)32(40)41-5)30(38)28-18-24-10-6-7-11-25(24)20-37(28)31(39)29(35)33(2,3)4/h6-17,21,28-29H,18-20,35H2,1-5H3/t21-,28+,29?/m1/s1. The van der Waals surface area contributed by atoms with Crippen molar-refractivity contribution in [3.8, 4) is 0 Å². The molecular formula is C33H38ClN3O4. The van der Waals surface area contributed by atoms with Gasteiger partial charge in [0.15, 0.2) is 0 Å². The van der Waals surface area contributed by atoms with Crippen LogP contribution >= 0.6 is 11.6 Å². The number of hydrogen-bond acceptors (Lipinski definition) is 5. The second-order valence-corrected chi connectivity index (χ2v) is 12.1. The molecule has 0 aromatic heterocycles. The predicted molar refractivity (Wildman–Crippen MR) is 160 cm³/mol. The molecule has 3 aromatic carbocycles. The van der Waals surface area contributed by atoms with Gasteiger partial charge in [0.1, 0.15) is 6.04 Å². The molecule has 216 valence electrons. The maximum atomic E-state index is 14.6. The molecular weight excluding hydrogens is 538 g/mol. The van der Waals surface area contributed by atoms with Crippen molar-refractivity contribution in [3.63, 3.8) is 0 Å². The molecule has 8 heteroatoms. The van der Waals surface area contributed by atoms with Gasteiger partial charge in [-0.15, -0.1) is 0 Å². The molecule has 2 N–H and O–H groups in total. The lowest BCUT2D eigenvalue weighted by atomic mass is 9.85. The van der Waals surface area contributed by atoms with Crippen LogP contribution in [0.4, 0.5) is 0 Å². The fourth-order valence-electron chi connectivity index (χ4n) is 5.16. The molecule has 3 atom stereocenters. The van der Waals surface area contributed by atoms with Crippen LogP contribution in [0.1, 0.15) is 66.3 Å². The lowest BCUT2D eigenvalue weighted by Gasteiger charge is -2.42. The molecule has 3 aromatic rings. The molecule has 4 rings (SSSR count). The molecule has 0 fully saturated rings. The Morgan fingerprint density at radius 1 is 1.00 bits per heavy atom. The fraction of sp³-hybridized carbons (Fsp3) is 0.364. The Hall–Kier alpha value is -3.68. The van der Waals surface area contributed by atoms with Gasteiger partial charge in [0.25, 0.3) is 0 Å². The molecule has 0 radical (unpaired) electrons. The highest BCUT2D eigenvalue weighted by molar-refractivity contribution is 6.31. The third kappa shape index (κ3) is 6.63. The molecule has 1 aliphatic rings. The van der Waals surface area contributed by atoms with Crippen molar-refractivity contribution in [2.75, 3.05) is 7.11 Å². The van der Waals surface area contributed by atoms with E-state index in [4.69, 9.17) is 22.1 Å². The smallest absolute Gasteiger partial charge is 0.337 e. The zero-order valence-electron chi connectivity index (χ0n) is 24.3. The number of ether oxygens (including phenoxy) is 1. The number of halogens is 1. The number of nitrogens with zero attached hydrogens (tertiary/aromatic N) is 2. The van der Waals surface area contributed by atoms with E-state index in [9.17, 15) is 14.4 Å². The average molecular weight is 576 g/mol. The van der Waals surface area contributed by atoms with Crippen molar-refractivity contribution in [1.29, 1.82) is 0 Å². The number of fused-ring (bicyclic) bond motifs is 1. The van der Waals surface area contributed by atoms with E-state index in [0.29, 0.717) is 23.6 Å². The molecule has 2 amide bonds. The lowest BCUT2D eigenvalue weighted by molar-refractivity contribution is -0.151. The quantitative estimate of drug-likeness (QED) is 0.373. The van der Waals surface area contributed by atoms with Crippen LogP contribution in [0, 0.1) is 5.41 Å². The number of carbonyl (C=O) groups excluding carboxylic acids is 3. The summed E-state index contributed by atoms with van der Waals surface area (Å²) >= 11 is 6.60. The second-order valence-electron chi connectivity index (χ2n) is 11.7. The first-order chi connectivity index (χ1) is 19.4. The summed E-state index contributed by atoms with van der Waals surface area (Å²) in [6.07, 6.45) is 0.380. The van der Waals surface area contributed by atoms with Gasteiger partial charge in [-0.25, -0.2) is 4.79 Å². The molecule has 0 saturated carbocycles. The minimum atomic E-state index is -0.775. The average Bonchev–Trinajstić information content (AvgIpc) is 2.97. The fourth-order valence-corrected chi connectivity index (χ4v) is 5.46. The summed E-state index contributed by atoms with van der Waals surface area (Å²) in [6, 6.07) is 20.4. The molecule has 0 saturated heterocycles. The van der Waals surface area contributed by atoms with Gasteiger partial charge >= 0.3 is 5.97 Å². The molecule has 7 nitrogen and oxygen atoms in total. The summed E-state index contributed by atoms with van der Waals surface area (Å²) in [5.74, 6) is -0.879. The topological polar surface area (TPSA) is 92.9 Å². The summed E-state index contributed by atoms with van der Waals surface area (Å²) in [7, 11) is 1.34. The van der Waals surface area contributed by atoms with Crippen molar-refractivity contribution in [3.05, 3.63) is 106 Å². The molecule has 1 unspecified atom stereocenters. The number of methoxy groups -OCH3 is 1. The molecule has 0 bridgehead atoms. The number of esters is 1. The Bertz CT molecular complexity index is 1420.